The van der Waals surface area contributed by atoms with Crippen molar-refractivity contribution < 1.29 is 18.0 Å². The molecule has 0 fully saturated rings. The van der Waals surface area contributed by atoms with Gasteiger partial charge in [-0.05, 0) is 62.6 Å². The van der Waals surface area contributed by atoms with Crippen LogP contribution in [0.2, 0.25) is 10.0 Å². The van der Waals surface area contributed by atoms with Crippen molar-refractivity contribution >= 4 is 50.7 Å². The van der Waals surface area contributed by atoms with E-state index in [1.165, 1.54) is 9.21 Å². The lowest BCUT2D eigenvalue weighted by molar-refractivity contribution is -0.140. The number of benzene rings is 2. The van der Waals surface area contributed by atoms with Crippen LogP contribution in [0.5, 0.6) is 0 Å². The van der Waals surface area contributed by atoms with E-state index in [0.29, 0.717) is 15.7 Å². The lowest BCUT2D eigenvalue weighted by atomic mass is 10.1. The molecule has 0 aromatic heterocycles. The highest BCUT2D eigenvalue weighted by Gasteiger charge is 2.27. The fourth-order valence-corrected chi connectivity index (χ4v) is 4.74. The first-order valence-corrected chi connectivity index (χ1v) is 14.1. The van der Waals surface area contributed by atoms with Crippen LogP contribution in [-0.4, -0.2) is 50.0 Å². The third-order valence-electron chi connectivity index (χ3n) is 5.68. The molecule has 0 aliphatic carbocycles. The van der Waals surface area contributed by atoms with Gasteiger partial charge in [-0.25, -0.2) is 8.42 Å². The number of hydrogen-bond donors (Lipinski definition) is 1. The Morgan fingerprint density at radius 1 is 1.03 bits per heavy atom. The Hall–Kier alpha value is -2.29. The minimum absolute atomic E-state index is 0.0153. The molecule has 2 atom stereocenters. The first kappa shape index (κ1) is 28.9. The molecule has 0 heterocycles. The first-order valence-electron chi connectivity index (χ1n) is 11.5. The monoisotopic (exact) mass is 541 g/mol. The van der Waals surface area contributed by atoms with Crippen molar-refractivity contribution in [2.75, 3.05) is 17.1 Å². The number of carbonyl (C=O) groups is 2. The summed E-state index contributed by atoms with van der Waals surface area (Å²) in [7, 11) is -3.58. The van der Waals surface area contributed by atoms with Gasteiger partial charge in [-0.3, -0.25) is 13.9 Å². The number of rotatable bonds is 12. The molecule has 192 valence electrons. The molecule has 2 aromatic carbocycles. The van der Waals surface area contributed by atoms with E-state index in [1.807, 2.05) is 26.0 Å². The molecule has 0 saturated carbocycles. The van der Waals surface area contributed by atoms with E-state index in [0.717, 1.165) is 18.2 Å². The van der Waals surface area contributed by atoms with Crippen LogP contribution in [0.25, 0.3) is 0 Å². The molecule has 10 heteroatoms. The van der Waals surface area contributed by atoms with Crippen LogP contribution in [0.3, 0.4) is 0 Å². The van der Waals surface area contributed by atoms with E-state index in [9.17, 15) is 18.0 Å². The molecule has 0 radical (unpaired) electrons. The minimum atomic E-state index is -3.58. The predicted octanol–water partition coefficient (Wildman–Crippen LogP) is 4.87. The quantitative estimate of drug-likeness (QED) is 0.415. The van der Waals surface area contributed by atoms with Crippen molar-refractivity contribution in [3.05, 3.63) is 64.1 Å². The van der Waals surface area contributed by atoms with Crippen molar-refractivity contribution in [3.63, 3.8) is 0 Å². The van der Waals surface area contributed by atoms with Crippen LogP contribution in [0.15, 0.2) is 48.5 Å². The van der Waals surface area contributed by atoms with Crippen LogP contribution in [0, 0.1) is 0 Å². The molecule has 2 aromatic rings. The van der Waals surface area contributed by atoms with E-state index in [1.54, 1.807) is 43.3 Å². The molecular weight excluding hydrogens is 509 g/mol. The lowest BCUT2D eigenvalue weighted by Crippen LogP contribution is -2.49. The van der Waals surface area contributed by atoms with Gasteiger partial charge in [-0.2, -0.15) is 0 Å². The van der Waals surface area contributed by atoms with Crippen LogP contribution >= 0.6 is 23.2 Å². The smallest absolute Gasteiger partial charge is 0.242 e. The number of amides is 2. The molecule has 0 aliphatic rings. The Labute approximate surface area is 218 Å². The van der Waals surface area contributed by atoms with Gasteiger partial charge in [0.2, 0.25) is 21.8 Å². The number of carbonyl (C=O) groups excluding carboxylic acids is 2. The number of anilines is 1. The Kier molecular flexibility index (Phi) is 10.9. The normalized spacial score (nSPS) is 13.1. The van der Waals surface area contributed by atoms with Gasteiger partial charge in [0.1, 0.15) is 6.04 Å². The third-order valence-corrected chi connectivity index (χ3v) is 7.36. The molecule has 35 heavy (non-hydrogen) atoms. The van der Waals surface area contributed by atoms with Crippen LogP contribution in [-0.2, 0) is 26.2 Å². The Morgan fingerprint density at radius 3 is 2.26 bits per heavy atom. The first-order chi connectivity index (χ1) is 16.4. The number of hydrogen-bond acceptors (Lipinski definition) is 4. The Morgan fingerprint density at radius 2 is 1.69 bits per heavy atom. The van der Waals surface area contributed by atoms with E-state index in [4.69, 9.17) is 23.2 Å². The molecule has 0 bridgehead atoms. The molecule has 2 amide bonds. The summed E-state index contributed by atoms with van der Waals surface area (Å²) in [5.41, 5.74) is 1.27. The fourth-order valence-electron chi connectivity index (χ4n) is 3.47. The van der Waals surface area contributed by atoms with Gasteiger partial charge in [-0.1, -0.05) is 48.3 Å². The summed E-state index contributed by atoms with van der Waals surface area (Å²) >= 11 is 12.0. The predicted molar refractivity (Wildman–Crippen MR) is 142 cm³/mol. The Bertz CT molecular complexity index is 1110. The zero-order valence-electron chi connectivity index (χ0n) is 20.5. The summed E-state index contributed by atoms with van der Waals surface area (Å²) in [6.07, 6.45) is 2.23. The highest BCUT2D eigenvalue weighted by atomic mass is 35.5. The average molecular weight is 543 g/mol. The van der Waals surface area contributed by atoms with Gasteiger partial charge in [0.15, 0.2) is 0 Å². The van der Waals surface area contributed by atoms with Crippen LogP contribution < -0.4 is 9.62 Å². The maximum absolute atomic E-state index is 13.3. The summed E-state index contributed by atoms with van der Waals surface area (Å²) in [5, 5.41) is 3.93. The van der Waals surface area contributed by atoms with Crippen LogP contribution in [0.4, 0.5) is 5.69 Å². The minimum Gasteiger partial charge on any atom is -0.352 e. The summed E-state index contributed by atoms with van der Waals surface area (Å²) in [6, 6.07) is 12.9. The molecule has 2 rings (SSSR count). The second-order valence-corrected chi connectivity index (χ2v) is 11.3. The van der Waals surface area contributed by atoms with Crippen LogP contribution in [0.1, 0.15) is 45.6 Å². The number of nitrogens with zero attached hydrogens (tertiary/aromatic N) is 2. The number of halogens is 2. The van der Waals surface area contributed by atoms with Gasteiger partial charge in [0.05, 0.1) is 11.9 Å². The van der Waals surface area contributed by atoms with Crippen molar-refractivity contribution in [1.82, 2.24) is 10.2 Å². The standard InChI is InChI=1S/C25H33Cl2N3O4S/c1-5-18(2)28-25(32)19(3)29(17-20-11-13-21(26)14-12-20)24(31)10-7-15-30(35(4,33)34)23-9-6-8-22(27)16-23/h6,8-9,11-14,16,18-19H,5,7,10,15,17H2,1-4H3,(H,28,32)/t18-,19+/m1/s1. The maximum Gasteiger partial charge on any atom is 0.242 e. The van der Waals surface area contributed by atoms with Gasteiger partial charge >= 0.3 is 0 Å². The highest BCUT2D eigenvalue weighted by Crippen LogP contribution is 2.23. The summed E-state index contributed by atoms with van der Waals surface area (Å²) < 4.78 is 26.0. The number of nitrogens with one attached hydrogen (secondary N) is 1. The third kappa shape index (κ3) is 9.02. The summed E-state index contributed by atoms with van der Waals surface area (Å²) in [4.78, 5) is 27.6. The van der Waals surface area contributed by atoms with E-state index >= 15 is 0 Å². The van der Waals surface area contributed by atoms with E-state index in [-0.39, 0.29) is 43.8 Å². The second-order valence-electron chi connectivity index (χ2n) is 8.56. The summed E-state index contributed by atoms with van der Waals surface area (Å²) in [5.74, 6) is -0.482. The lowest BCUT2D eigenvalue weighted by Gasteiger charge is -2.30. The molecule has 0 saturated heterocycles. The zero-order chi connectivity index (χ0) is 26.2. The topological polar surface area (TPSA) is 86.8 Å². The van der Waals surface area contributed by atoms with Crippen molar-refractivity contribution in [2.24, 2.45) is 0 Å². The van der Waals surface area contributed by atoms with E-state index in [2.05, 4.69) is 5.32 Å². The van der Waals surface area contributed by atoms with Gasteiger partial charge in [0.25, 0.3) is 0 Å². The molecule has 0 aliphatic heterocycles. The van der Waals surface area contributed by atoms with Gasteiger partial charge in [-0.15, -0.1) is 0 Å². The second kappa shape index (κ2) is 13.1. The maximum atomic E-state index is 13.3. The van der Waals surface area contributed by atoms with Crippen molar-refractivity contribution in [3.8, 4) is 0 Å². The largest absolute Gasteiger partial charge is 0.352 e. The SMILES string of the molecule is CC[C@@H](C)NC(=O)[C@H](C)N(Cc1ccc(Cl)cc1)C(=O)CCCN(c1cccc(Cl)c1)S(C)(=O)=O. The number of sulfonamides is 1. The summed E-state index contributed by atoms with van der Waals surface area (Å²) in [6.45, 7) is 5.91. The molecular formula is C25H33Cl2N3O4S. The molecule has 0 spiro atoms. The highest BCUT2D eigenvalue weighted by molar-refractivity contribution is 7.92. The molecule has 7 nitrogen and oxygen atoms in total. The van der Waals surface area contributed by atoms with Gasteiger partial charge < -0.3 is 10.2 Å². The fraction of sp³-hybridized carbons (Fsp3) is 0.440. The molecule has 0 unspecified atom stereocenters. The Balaban J connectivity index is 2.16. The van der Waals surface area contributed by atoms with Gasteiger partial charge in [0, 0.05) is 35.6 Å². The average Bonchev–Trinajstić information content (AvgIpc) is 2.79. The van der Waals surface area contributed by atoms with E-state index < -0.39 is 16.1 Å². The zero-order valence-corrected chi connectivity index (χ0v) is 22.8. The van der Waals surface area contributed by atoms with Crippen molar-refractivity contribution in [2.45, 2.75) is 58.7 Å². The van der Waals surface area contributed by atoms with Crippen molar-refractivity contribution in [1.29, 1.82) is 0 Å². The molecule has 1 N–H and O–H groups in total.